The number of aromatic nitrogens is 3. The van der Waals surface area contributed by atoms with Crippen LogP contribution in [0.2, 0.25) is 0 Å². The highest BCUT2D eigenvalue weighted by atomic mass is 16.3. The molecule has 0 unspecified atom stereocenters. The Morgan fingerprint density at radius 2 is 2.00 bits per heavy atom. The zero-order valence-electron chi connectivity index (χ0n) is 12.8. The molecule has 3 rings (SSSR count). The number of rotatable bonds is 3. The first-order valence-electron chi connectivity index (χ1n) is 7.05. The second-order valence-corrected chi connectivity index (χ2v) is 6.22. The fraction of sp³-hybridized carbons (Fsp3) is 0.375. The van der Waals surface area contributed by atoms with Crippen molar-refractivity contribution >= 4 is 10.9 Å². The van der Waals surface area contributed by atoms with Crippen LogP contribution in [0, 0.1) is 0 Å². The van der Waals surface area contributed by atoms with Crippen molar-refractivity contribution in [3.63, 3.8) is 0 Å². The van der Waals surface area contributed by atoms with Crippen molar-refractivity contribution in [3.05, 3.63) is 36.4 Å². The molecule has 0 spiro atoms. The summed E-state index contributed by atoms with van der Waals surface area (Å²) in [4.78, 5) is 4.33. The van der Waals surface area contributed by atoms with Crippen LogP contribution < -0.4 is 5.32 Å². The molecule has 0 saturated heterocycles. The lowest BCUT2D eigenvalue weighted by Crippen LogP contribution is -2.35. The van der Waals surface area contributed by atoms with Crippen LogP contribution in [0.4, 0.5) is 0 Å². The van der Waals surface area contributed by atoms with Crippen molar-refractivity contribution in [3.8, 4) is 11.5 Å². The number of nitrogens with zero attached hydrogens (tertiary/aromatic N) is 3. The van der Waals surface area contributed by atoms with Gasteiger partial charge in [-0.15, -0.1) is 0 Å². The topological polar surface area (TPSA) is 55.9 Å². The molecule has 0 aliphatic rings. The fourth-order valence-corrected chi connectivity index (χ4v) is 2.32. The number of benzene rings is 1. The third kappa shape index (κ3) is 2.69. The molecule has 0 radical (unpaired) electrons. The third-order valence-electron chi connectivity index (χ3n) is 3.40. The zero-order chi connectivity index (χ0) is 15.0. The van der Waals surface area contributed by atoms with Gasteiger partial charge >= 0.3 is 0 Å². The Kier molecular flexibility index (Phi) is 3.29. The molecule has 2 aromatic heterocycles. The largest absolute Gasteiger partial charge is 0.441 e. The average Bonchev–Trinajstić information content (AvgIpc) is 3.01. The Bertz CT molecular complexity index is 764. The first-order valence-corrected chi connectivity index (χ1v) is 7.05. The van der Waals surface area contributed by atoms with Crippen LogP contribution in [0.1, 0.15) is 26.5 Å². The molecule has 0 saturated carbocycles. The second kappa shape index (κ2) is 5.00. The number of hydrogen-bond acceptors (Lipinski definition) is 4. The van der Waals surface area contributed by atoms with E-state index in [0.717, 1.165) is 28.1 Å². The zero-order valence-corrected chi connectivity index (χ0v) is 12.8. The number of hydrogen-bond donors (Lipinski definition) is 1. The molecule has 0 atom stereocenters. The molecule has 21 heavy (non-hydrogen) atoms. The summed E-state index contributed by atoms with van der Waals surface area (Å²) in [6, 6.07) is 8.13. The van der Waals surface area contributed by atoms with Crippen molar-refractivity contribution in [2.75, 3.05) is 0 Å². The summed E-state index contributed by atoms with van der Waals surface area (Å²) >= 11 is 0. The molecule has 5 heteroatoms. The van der Waals surface area contributed by atoms with E-state index in [1.807, 2.05) is 23.9 Å². The molecular weight excluding hydrogens is 264 g/mol. The Hall–Kier alpha value is -2.14. The molecule has 0 fully saturated rings. The van der Waals surface area contributed by atoms with Gasteiger partial charge in [0.2, 0.25) is 0 Å². The van der Waals surface area contributed by atoms with E-state index in [-0.39, 0.29) is 5.54 Å². The first-order chi connectivity index (χ1) is 9.96. The van der Waals surface area contributed by atoms with E-state index < -0.39 is 0 Å². The minimum atomic E-state index is 0.0302. The van der Waals surface area contributed by atoms with Crippen LogP contribution in [-0.2, 0) is 13.6 Å². The van der Waals surface area contributed by atoms with Crippen LogP contribution in [0.15, 0.2) is 35.1 Å². The highest BCUT2D eigenvalue weighted by Crippen LogP contribution is 2.29. The molecule has 1 N–H and O–H groups in total. The monoisotopic (exact) mass is 284 g/mol. The van der Waals surface area contributed by atoms with Gasteiger partial charge in [-0.25, -0.2) is 4.98 Å². The molecule has 2 heterocycles. The lowest BCUT2D eigenvalue weighted by atomic mass is 10.1. The van der Waals surface area contributed by atoms with E-state index in [4.69, 9.17) is 4.42 Å². The maximum atomic E-state index is 5.61. The van der Waals surface area contributed by atoms with E-state index in [9.17, 15) is 0 Å². The van der Waals surface area contributed by atoms with Gasteiger partial charge in [0, 0.05) is 24.5 Å². The fourth-order valence-electron chi connectivity index (χ4n) is 2.32. The van der Waals surface area contributed by atoms with E-state index in [2.05, 4.69) is 48.3 Å². The smallest absolute Gasteiger partial charge is 0.181 e. The first kappa shape index (κ1) is 13.8. The summed E-state index contributed by atoms with van der Waals surface area (Å²) in [5.41, 5.74) is 2.84. The number of nitrogens with one attached hydrogen (secondary N) is 1. The van der Waals surface area contributed by atoms with Crippen molar-refractivity contribution in [2.45, 2.75) is 32.9 Å². The van der Waals surface area contributed by atoms with Crippen LogP contribution in [-0.4, -0.2) is 20.3 Å². The van der Waals surface area contributed by atoms with Gasteiger partial charge in [0.25, 0.3) is 0 Å². The van der Waals surface area contributed by atoms with Crippen molar-refractivity contribution in [2.24, 2.45) is 7.05 Å². The SMILES string of the molecule is Cn1nc(-c2ocnc2CNC(C)(C)C)c2ccccc21. The van der Waals surface area contributed by atoms with E-state index >= 15 is 0 Å². The maximum Gasteiger partial charge on any atom is 0.181 e. The number of oxazole rings is 1. The predicted molar refractivity (Wildman–Crippen MR) is 82.8 cm³/mol. The highest BCUT2D eigenvalue weighted by Gasteiger charge is 2.19. The second-order valence-electron chi connectivity index (χ2n) is 6.22. The van der Waals surface area contributed by atoms with Gasteiger partial charge < -0.3 is 9.73 Å². The van der Waals surface area contributed by atoms with Crippen LogP contribution >= 0.6 is 0 Å². The van der Waals surface area contributed by atoms with Crippen LogP contribution in [0.3, 0.4) is 0 Å². The highest BCUT2D eigenvalue weighted by molar-refractivity contribution is 5.92. The van der Waals surface area contributed by atoms with E-state index in [1.54, 1.807) is 0 Å². The molecule has 3 aromatic rings. The summed E-state index contributed by atoms with van der Waals surface area (Å²) in [7, 11) is 1.94. The van der Waals surface area contributed by atoms with Gasteiger partial charge in [-0.1, -0.05) is 18.2 Å². The van der Waals surface area contributed by atoms with Gasteiger partial charge in [-0.2, -0.15) is 5.10 Å². The number of aryl methyl sites for hydroxylation is 1. The summed E-state index contributed by atoms with van der Waals surface area (Å²) in [6.45, 7) is 7.04. The molecule has 1 aromatic carbocycles. The Balaban J connectivity index is 2.02. The standard InChI is InChI=1S/C16H20N4O/c1-16(2,3)18-9-12-15(21-10-17-12)14-11-7-5-6-8-13(11)20(4)19-14/h5-8,10,18H,9H2,1-4H3. The van der Waals surface area contributed by atoms with Gasteiger partial charge in [0.1, 0.15) is 11.4 Å². The Labute approximate surface area is 124 Å². The molecule has 5 nitrogen and oxygen atoms in total. The van der Waals surface area contributed by atoms with Gasteiger partial charge in [-0.3, -0.25) is 4.68 Å². The summed E-state index contributed by atoms with van der Waals surface area (Å²) in [6.07, 6.45) is 1.48. The summed E-state index contributed by atoms with van der Waals surface area (Å²) in [5.74, 6) is 0.739. The van der Waals surface area contributed by atoms with E-state index in [0.29, 0.717) is 6.54 Å². The molecule has 0 bridgehead atoms. The van der Waals surface area contributed by atoms with Gasteiger partial charge in [-0.05, 0) is 26.8 Å². The van der Waals surface area contributed by atoms with Crippen LogP contribution in [0.5, 0.6) is 0 Å². The quantitative estimate of drug-likeness (QED) is 0.803. The normalized spacial score (nSPS) is 12.2. The lowest BCUT2D eigenvalue weighted by molar-refractivity contribution is 0.421. The summed E-state index contributed by atoms with van der Waals surface area (Å²) < 4.78 is 7.48. The van der Waals surface area contributed by atoms with E-state index in [1.165, 1.54) is 6.39 Å². The molecule has 0 aliphatic carbocycles. The molecule has 0 aliphatic heterocycles. The van der Waals surface area contributed by atoms with Crippen molar-refractivity contribution in [1.82, 2.24) is 20.1 Å². The van der Waals surface area contributed by atoms with Crippen LogP contribution in [0.25, 0.3) is 22.4 Å². The van der Waals surface area contributed by atoms with Gasteiger partial charge in [0.15, 0.2) is 12.2 Å². The molecule has 0 amide bonds. The Morgan fingerprint density at radius 1 is 1.24 bits per heavy atom. The molecule has 110 valence electrons. The maximum absolute atomic E-state index is 5.61. The number of fused-ring (bicyclic) bond motifs is 1. The summed E-state index contributed by atoms with van der Waals surface area (Å²) in [5, 5.41) is 9.10. The lowest BCUT2D eigenvalue weighted by Gasteiger charge is -2.19. The van der Waals surface area contributed by atoms with Crippen molar-refractivity contribution < 1.29 is 4.42 Å². The minimum Gasteiger partial charge on any atom is -0.441 e. The number of para-hydroxylation sites is 1. The third-order valence-corrected chi connectivity index (χ3v) is 3.40. The predicted octanol–water partition coefficient (Wildman–Crippen LogP) is 3.12. The Morgan fingerprint density at radius 3 is 2.76 bits per heavy atom. The van der Waals surface area contributed by atoms with Crippen molar-refractivity contribution in [1.29, 1.82) is 0 Å². The molecular formula is C16H20N4O. The van der Waals surface area contributed by atoms with Gasteiger partial charge in [0.05, 0.1) is 5.52 Å². The minimum absolute atomic E-state index is 0.0302. The average molecular weight is 284 g/mol.